The van der Waals surface area contributed by atoms with Crippen LogP contribution in [0.5, 0.6) is 11.5 Å². The van der Waals surface area contributed by atoms with Crippen LogP contribution >= 0.6 is 27.7 Å². The Hall–Kier alpha value is -2.77. The van der Waals surface area contributed by atoms with Crippen LogP contribution in [-0.2, 0) is 17.2 Å². The predicted molar refractivity (Wildman–Crippen MR) is 135 cm³/mol. The largest absolute Gasteiger partial charge is 0.493 e. The van der Waals surface area contributed by atoms with Crippen molar-refractivity contribution in [3.8, 4) is 11.5 Å². The first-order valence-electron chi connectivity index (χ1n) is 10.0. The Morgan fingerprint density at radius 1 is 1.09 bits per heavy atom. The van der Waals surface area contributed by atoms with E-state index in [4.69, 9.17) is 9.47 Å². The quantitative estimate of drug-likeness (QED) is 0.278. The van der Waals surface area contributed by atoms with Crippen molar-refractivity contribution in [3.05, 3.63) is 93.5 Å². The van der Waals surface area contributed by atoms with Crippen molar-refractivity contribution >= 4 is 39.8 Å². The van der Waals surface area contributed by atoms with E-state index in [1.54, 1.807) is 25.1 Å². The average molecular weight is 513 g/mol. The molecule has 1 amide bonds. The number of carbonyl (C=O) groups is 1. The number of aryl methyl sites for hydroxylation is 1. The van der Waals surface area contributed by atoms with Gasteiger partial charge < -0.3 is 9.47 Å². The minimum Gasteiger partial charge on any atom is -0.493 e. The minimum atomic E-state index is -0.147. The van der Waals surface area contributed by atoms with E-state index in [9.17, 15) is 4.79 Å². The predicted octanol–water partition coefficient (Wildman–Crippen LogP) is 5.73. The van der Waals surface area contributed by atoms with Gasteiger partial charge in [-0.2, -0.15) is 5.10 Å². The fourth-order valence-electron chi connectivity index (χ4n) is 2.84. The lowest BCUT2D eigenvalue weighted by Crippen LogP contribution is -2.19. The number of nitrogens with zero attached hydrogens (tertiary/aromatic N) is 1. The molecule has 0 aliphatic carbocycles. The summed E-state index contributed by atoms with van der Waals surface area (Å²) >= 11 is 5.09. The Morgan fingerprint density at radius 3 is 2.56 bits per heavy atom. The molecule has 1 N–H and O–H groups in total. The average Bonchev–Trinajstić information content (AvgIpc) is 2.80. The number of carbonyl (C=O) groups excluding carboxylic acids is 1. The van der Waals surface area contributed by atoms with Crippen molar-refractivity contribution in [2.75, 3.05) is 12.9 Å². The van der Waals surface area contributed by atoms with Crippen LogP contribution in [0.3, 0.4) is 0 Å². The highest BCUT2D eigenvalue weighted by Gasteiger charge is 2.12. The third kappa shape index (κ3) is 7.43. The number of thioether (sulfide) groups is 1. The number of hydrogen-bond acceptors (Lipinski definition) is 5. The number of hydrogen-bond donors (Lipinski definition) is 1. The van der Waals surface area contributed by atoms with Gasteiger partial charge >= 0.3 is 0 Å². The molecule has 0 bridgehead atoms. The molecule has 3 rings (SSSR count). The maximum Gasteiger partial charge on any atom is 0.250 e. The zero-order chi connectivity index (χ0) is 22.8. The minimum absolute atomic E-state index is 0.147. The van der Waals surface area contributed by atoms with Crippen LogP contribution in [0.2, 0.25) is 0 Å². The summed E-state index contributed by atoms with van der Waals surface area (Å²) in [5.41, 5.74) is 6.80. The molecule has 0 saturated carbocycles. The zero-order valence-corrected chi connectivity index (χ0v) is 20.4. The molecule has 0 aliphatic rings. The molecule has 32 heavy (non-hydrogen) atoms. The molecule has 0 unspecified atom stereocenters. The normalized spacial score (nSPS) is 10.8. The lowest BCUT2D eigenvalue weighted by Gasteiger charge is -2.13. The fourth-order valence-corrected chi connectivity index (χ4v) is 4.20. The second kappa shape index (κ2) is 12.3. The van der Waals surface area contributed by atoms with E-state index in [0.717, 1.165) is 21.4 Å². The van der Waals surface area contributed by atoms with Gasteiger partial charge in [0.05, 0.1) is 23.5 Å². The highest BCUT2D eigenvalue weighted by molar-refractivity contribution is 9.10. The molecular formula is C25H25BrN2O3S. The molecular weight excluding hydrogens is 488 g/mol. The highest BCUT2D eigenvalue weighted by Crippen LogP contribution is 2.36. The Kier molecular flexibility index (Phi) is 9.19. The van der Waals surface area contributed by atoms with E-state index in [-0.39, 0.29) is 5.91 Å². The standard InChI is InChI=1S/C25H25BrN2O3S/c1-18-8-10-19(11-9-18)15-31-25-22(26)12-21(13-23(25)30-2)14-27-28-24(29)17-32-16-20-6-4-3-5-7-20/h3-14H,15-17H2,1-2H3,(H,28,29)/b27-14-. The summed E-state index contributed by atoms with van der Waals surface area (Å²) in [5.74, 6) is 2.17. The van der Waals surface area contributed by atoms with E-state index in [1.807, 2.05) is 54.6 Å². The van der Waals surface area contributed by atoms with E-state index in [1.165, 1.54) is 11.1 Å². The van der Waals surface area contributed by atoms with Crippen LogP contribution in [0.25, 0.3) is 0 Å². The number of benzene rings is 3. The molecule has 7 heteroatoms. The molecule has 3 aromatic rings. The summed E-state index contributed by atoms with van der Waals surface area (Å²) in [4.78, 5) is 12.0. The molecule has 0 heterocycles. The van der Waals surface area contributed by atoms with Gasteiger partial charge in [-0.3, -0.25) is 4.79 Å². The van der Waals surface area contributed by atoms with Gasteiger partial charge in [0.15, 0.2) is 11.5 Å². The molecule has 0 radical (unpaired) electrons. The Morgan fingerprint density at radius 2 is 1.84 bits per heavy atom. The Bertz CT molecular complexity index is 1060. The lowest BCUT2D eigenvalue weighted by molar-refractivity contribution is -0.118. The van der Waals surface area contributed by atoms with Gasteiger partial charge in [0.1, 0.15) is 6.61 Å². The van der Waals surface area contributed by atoms with Gasteiger partial charge in [0.2, 0.25) is 5.91 Å². The number of halogens is 1. The smallest absolute Gasteiger partial charge is 0.250 e. The number of ether oxygens (including phenoxy) is 2. The summed E-state index contributed by atoms with van der Waals surface area (Å²) in [6.45, 7) is 2.48. The monoisotopic (exact) mass is 512 g/mol. The van der Waals surface area contributed by atoms with Gasteiger partial charge in [-0.1, -0.05) is 60.2 Å². The first-order valence-corrected chi connectivity index (χ1v) is 12.0. The molecule has 0 aromatic heterocycles. The fraction of sp³-hybridized carbons (Fsp3) is 0.200. The van der Waals surface area contributed by atoms with Crippen molar-refractivity contribution in [3.63, 3.8) is 0 Å². The first-order chi connectivity index (χ1) is 15.5. The summed E-state index contributed by atoms with van der Waals surface area (Å²) in [5, 5.41) is 4.06. The third-order valence-corrected chi connectivity index (χ3v) is 6.10. The summed E-state index contributed by atoms with van der Waals surface area (Å²) < 4.78 is 12.2. The first kappa shape index (κ1) is 23.9. The van der Waals surface area contributed by atoms with Crippen LogP contribution in [-0.4, -0.2) is 25.0 Å². The van der Waals surface area contributed by atoms with E-state index in [2.05, 4.69) is 45.5 Å². The SMILES string of the molecule is COc1cc(/C=N\NC(=O)CSCc2ccccc2)cc(Br)c1OCc1ccc(C)cc1. The van der Waals surface area contributed by atoms with Crippen molar-refractivity contribution in [2.24, 2.45) is 5.10 Å². The number of rotatable bonds is 10. The van der Waals surface area contributed by atoms with Crippen LogP contribution in [0.15, 0.2) is 76.3 Å². The second-order valence-electron chi connectivity index (χ2n) is 7.08. The highest BCUT2D eigenvalue weighted by atomic mass is 79.9. The van der Waals surface area contributed by atoms with Crippen molar-refractivity contribution in [1.82, 2.24) is 5.43 Å². The molecule has 0 saturated heterocycles. The van der Waals surface area contributed by atoms with Crippen LogP contribution in [0, 0.1) is 6.92 Å². The summed E-state index contributed by atoms with van der Waals surface area (Å²) in [6.07, 6.45) is 1.58. The van der Waals surface area contributed by atoms with Crippen molar-refractivity contribution in [1.29, 1.82) is 0 Å². The molecule has 5 nitrogen and oxygen atoms in total. The van der Waals surface area contributed by atoms with Gasteiger partial charge in [-0.25, -0.2) is 5.43 Å². The third-order valence-electron chi connectivity index (χ3n) is 4.50. The van der Waals surface area contributed by atoms with Crippen molar-refractivity contribution < 1.29 is 14.3 Å². The van der Waals surface area contributed by atoms with Gasteiger partial charge in [0.25, 0.3) is 0 Å². The van der Waals surface area contributed by atoms with Gasteiger partial charge in [-0.05, 0) is 51.7 Å². The maximum absolute atomic E-state index is 12.0. The molecule has 166 valence electrons. The summed E-state index contributed by atoms with van der Waals surface area (Å²) in [6, 6.07) is 21.9. The molecule has 0 atom stereocenters. The zero-order valence-electron chi connectivity index (χ0n) is 18.0. The van der Waals surface area contributed by atoms with Crippen LogP contribution < -0.4 is 14.9 Å². The van der Waals surface area contributed by atoms with Gasteiger partial charge in [-0.15, -0.1) is 11.8 Å². The number of methoxy groups -OCH3 is 1. The Labute approximate surface area is 201 Å². The topological polar surface area (TPSA) is 59.9 Å². The second-order valence-corrected chi connectivity index (χ2v) is 8.92. The van der Waals surface area contributed by atoms with Crippen LogP contribution in [0.1, 0.15) is 22.3 Å². The number of hydrazone groups is 1. The van der Waals surface area contributed by atoms with Crippen molar-refractivity contribution in [2.45, 2.75) is 19.3 Å². The van der Waals surface area contributed by atoms with E-state index >= 15 is 0 Å². The Balaban J connectivity index is 1.53. The lowest BCUT2D eigenvalue weighted by atomic mass is 10.2. The summed E-state index contributed by atoms with van der Waals surface area (Å²) in [7, 11) is 1.59. The number of nitrogens with one attached hydrogen (secondary N) is 1. The van der Waals surface area contributed by atoms with E-state index < -0.39 is 0 Å². The number of amides is 1. The molecule has 0 aliphatic heterocycles. The van der Waals surface area contributed by atoms with Gasteiger partial charge in [0, 0.05) is 5.75 Å². The van der Waals surface area contributed by atoms with Crippen LogP contribution in [0.4, 0.5) is 0 Å². The molecule has 0 spiro atoms. The maximum atomic E-state index is 12.0. The molecule has 0 fully saturated rings. The molecule has 3 aromatic carbocycles. The van der Waals surface area contributed by atoms with E-state index in [0.29, 0.717) is 23.9 Å².